The first kappa shape index (κ1) is 19.1. The second kappa shape index (κ2) is 9.91. The molecule has 25 heavy (non-hydrogen) atoms. The molecule has 1 fully saturated rings. The minimum absolute atomic E-state index is 0.219. The van der Waals surface area contributed by atoms with E-state index in [4.69, 9.17) is 4.74 Å². The summed E-state index contributed by atoms with van der Waals surface area (Å²) in [6.07, 6.45) is 2.51. The molecule has 1 heterocycles. The molecule has 1 saturated heterocycles. The molecule has 1 amide bonds. The van der Waals surface area contributed by atoms with Crippen LogP contribution < -0.4 is 15.4 Å². The smallest absolute Gasteiger partial charge is 0.222 e. The molecule has 0 aromatic heterocycles. The third kappa shape index (κ3) is 5.96. The highest BCUT2D eigenvalue weighted by Gasteiger charge is 2.25. The summed E-state index contributed by atoms with van der Waals surface area (Å²) in [5.41, 5.74) is 1.14. The molecule has 0 spiro atoms. The fraction of sp³-hybridized carbons (Fsp3) is 0.579. The highest BCUT2D eigenvalue weighted by Crippen LogP contribution is 2.14. The number of amides is 1. The van der Waals surface area contributed by atoms with E-state index in [0.29, 0.717) is 13.0 Å². The highest BCUT2D eigenvalue weighted by atomic mass is 16.5. The van der Waals surface area contributed by atoms with Gasteiger partial charge in [0.2, 0.25) is 5.91 Å². The van der Waals surface area contributed by atoms with Gasteiger partial charge >= 0.3 is 0 Å². The Morgan fingerprint density at radius 3 is 2.96 bits per heavy atom. The molecule has 1 aliphatic heterocycles. The van der Waals surface area contributed by atoms with Gasteiger partial charge in [0.25, 0.3) is 0 Å². The molecule has 0 aliphatic carbocycles. The van der Waals surface area contributed by atoms with Gasteiger partial charge in [-0.25, -0.2) is 0 Å². The summed E-state index contributed by atoms with van der Waals surface area (Å²) in [6.45, 7) is 6.97. The minimum Gasteiger partial charge on any atom is -0.494 e. The van der Waals surface area contributed by atoms with Crippen LogP contribution in [0.2, 0.25) is 0 Å². The molecule has 2 N–H and O–H groups in total. The van der Waals surface area contributed by atoms with E-state index in [1.807, 2.05) is 30.0 Å². The Bertz CT molecular complexity index is 589. The third-order valence-corrected chi connectivity index (χ3v) is 4.24. The van der Waals surface area contributed by atoms with Gasteiger partial charge < -0.3 is 20.3 Å². The number of carbonyl (C=O) groups excluding carboxylic acids is 1. The van der Waals surface area contributed by atoms with Crippen LogP contribution >= 0.6 is 0 Å². The van der Waals surface area contributed by atoms with Gasteiger partial charge in [-0.15, -0.1) is 0 Å². The number of nitrogens with one attached hydrogen (secondary N) is 2. The van der Waals surface area contributed by atoms with Gasteiger partial charge in [0.05, 0.1) is 6.61 Å². The number of hydrogen-bond donors (Lipinski definition) is 2. The van der Waals surface area contributed by atoms with E-state index < -0.39 is 0 Å². The zero-order valence-electron chi connectivity index (χ0n) is 15.5. The molecule has 1 aliphatic rings. The summed E-state index contributed by atoms with van der Waals surface area (Å²) in [7, 11) is 1.76. The van der Waals surface area contributed by atoms with Gasteiger partial charge in [-0.2, -0.15) is 0 Å². The topological polar surface area (TPSA) is 66.0 Å². The molecule has 0 bridgehead atoms. The first-order valence-electron chi connectivity index (χ1n) is 9.13. The van der Waals surface area contributed by atoms with E-state index in [9.17, 15) is 4.79 Å². The molecule has 1 atom stereocenters. The lowest BCUT2D eigenvalue weighted by atomic mass is 10.2. The standard InChI is InChI=1S/C19H30N4O2/c1-4-11-25-17-8-6-7-15(12-17)13-21-19(20-3)22-16-9-10-23(14-16)18(24)5-2/h6-8,12,16H,4-5,9-11,13-14H2,1-3H3,(H2,20,21,22). The second-order valence-corrected chi connectivity index (χ2v) is 6.24. The lowest BCUT2D eigenvalue weighted by Gasteiger charge is -2.19. The largest absolute Gasteiger partial charge is 0.494 e. The number of benzene rings is 1. The van der Waals surface area contributed by atoms with Gasteiger partial charge in [-0.1, -0.05) is 26.0 Å². The Kier molecular flexibility index (Phi) is 7.57. The van der Waals surface area contributed by atoms with Crippen LogP contribution in [0.1, 0.15) is 38.7 Å². The molecule has 1 unspecified atom stereocenters. The molecular weight excluding hydrogens is 316 g/mol. The molecular formula is C19H30N4O2. The molecule has 6 nitrogen and oxygen atoms in total. The van der Waals surface area contributed by atoms with Crippen LogP contribution in [0.4, 0.5) is 0 Å². The normalized spacial score (nSPS) is 17.5. The third-order valence-electron chi connectivity index (χ3n) is 4.24. The fourth-order valence-corrected chi connectivity index (χ4v) is 2.87. The molecule has 1 aromatic carbocycles. The molecule has 6 heteroatoms. The van der Waals surface area contributed by atoms with Crippen molar-refractivity contribution in [2.45, 2.75) is 45.7 Å². The Morgan fingerprint density at radius 2 is 2.24 bits per heavy atom. The summed E-state index contributed by atoms with van der Waals surface area (Å²) >= 11 is 0. The quantitative estimate of drug-likeness (QED) is 0.586. The number of rotatable bonds is 7. The van der Waals surface area contributed by atoms with Crippen molar-refractivity contribution in [1.82, 2.24) is 15.5 Å². The number of nitrogens with zero attached hydrogens (tertiary/aromatic N) is 2. The number of ether oxygens (including phenoxy) is 1. The Labute approximate surface area is 150 Å². The zero-order valence-corrected chi connectivity index (χ0v) is 15.5. The first-order valence-corrected chi connectivity index (χ1v) is 9.13. The molecule has 1 aromatic rings. The number of likely N-dealkylation sites (tertiary alicyclic amines) is 1. The van der Waals surface area contributed by atoms with Crippen LogP contribution in [0.3, 0.4) is 0 Å². The van der Waals surface area contributed by atoms with Crippen molar-refractivity contribution in [2.24, 2.45) is 4.99 Å². The maximum atomic E-state index is 11.8. The van der Waals surface area contributed by atoms with Gasteiger partial charge in [0.15, 0.2) is 5.96 Å². The maximum absolute atomic E-state index is 11.8. The van der Waals surface area contributed by atoms with E-state index in [-0.39, 0.29) is 11.9 Å². The van der Waals surface area contributed by atoms with Gasteiger partial charge in [-0.05, 0) is 30.5 Å². The van der Waals surface area contributed by atoms with Crippen LogP contribution in [0.15, 0.2) is 29.3 Å². The SMILES string of the molecule is CCCOc1cccc(CNC(=NC)NC2CCN(C(=O)CC)C2)c1. The van der Waals surface area contributed by atoms with Crippen molar-refractivity contribution >= 4 is 11.9 Å². The van der Waals surface area contributed by atoms with Crippen molar-refractivity contribution in [2.75, 3.05) is 26.7 Å². The van der Waals surface area contributed by atoms with Crippen molar-refractivity contribution in [3.8, 4) is 5.75 Å². The van der Waals surface area contributed by atoms with E-state index in [2.05, 4.69) is 28.6 Å². The molecule has 0 saturated carbocycles. The summed E-state index contributed by atoms with van der Waals surface area (Å²) in [6, 6.07) is 8.35. The average molecular weight is 346 g/mol. The molecule has 138 valence electrons. The summed E-state index contributed by atoms with van der Waals surface area (Å²) < 4.78 is 5.67. The summed E-state index contributed by atoms with van der Waals surface area (Å²) in [5, 5.41) is 6.74. The lowest BCUT2D eigenvalue weighted by molar-refractivity contribution is -0.129. The van der Waals surface area contributed by atoms with E-state index in [0.717, 1.165) is 49.8 Å². The molecule has 2 rings (SSSR count). The van der Waals surface area contributed by atoms with Gasteiger partial charge in [-0.3, -0.25) is 9.79 Å². The predicted molar refractivity (Wildman–Crippen MR) is 101 cm³/mol. The van der Waals surface area contributed by atoms with Crippen molar-refractivity contribution < 1.29 is 9.53 Å². The monoisotopic (exact) mass is 346 g/mol. The molecule has 0 radical (unpaired) electrons. The van der Waals surface area contributed by atoms with Gasteiger partial charge in [0, 0.05) is 39.1 Å². The fourth-order valence-electron chi connectivity index (χ4n) is 2.87. The van der Waals surface area contributed by atoms with Crippen LogP contribution in [0.25, 0.3) is 0 Å². The van der Waals surface area contributed by atoms with E-state index >= 15 is 0 Å². The van der Waals surface area contributed by atoms with Crippen molar-refractivity contribution in [3.05, 3.63) is 29.8 Å². The minimum atomic E-state index is 0.219. The van der Waals surface area contributed by atoms with Crippen molar-refractivity contribution in [1.29, 1.82) is 0 Å². The Balaban J connectivity index is 1.82. The van der Waals surface area contributed by atoms with E-state index in [1.165, 1.54) is 0 Å². The number of guanidine groups is 1. The van der Waals surface area contributed by atoms with E-state index in [1.54, 1.807) is 7.05 Å². The number of hydrogen-bond acceptors (Lipinski definition) is 3. The van der Waals surface area contributed by atoms with Gasteiger partial charge in [0.1, 0.15) is 5.75 Å². The Hall–Kier alpha value is -2.24. The Morgan fingerprint density at radius 1 is 1.40 bits per heavy atom. The highest BCUT2D eigenvalue weighted by molar-refractivity contribution is 5.80. The average Bonchev–Trinajstić information content (AvgIpc) is 3.11. The maximum Gasteiger partial charge on any atom is 0.222 e. The van der Waals surface area contributed by atoms with Crippen LogP contribution in [0.5, 0.6) is 5.75 Å². The van der Waals surface area contributed by atoms with Crippen LogP contribution in [0, 0.1) is 0 Å². The summed E-state index contributed by atoms with van der Waals surface area (Å²) in [4.78, 5) is 18.0. The zero-order chi connectivity index (χ0) is 18.1. The van der Waals surface area contributed by atoms with Crippen LogP contribution in [-0.2, 0) is 11.3 Å². The second-order valence-electron chi connectivity index (χ2n) is 6.24. The van der Waals surface area contributed by atoms with Crippen LogP contribution in [-0.4, -0.2) is 49.6 Å². The first-order chi connectivity index (χ1) is 12.2. The number of carbonyl (C=O) groups is 1. The lowest BCUT2D eigenvalue weighted by Crippen LogP contribution is -2.44. The number of aliphatic imine (C=N–C) groups is 1. The van der Waals surface area contributed by atoms with Crippen molar-refractivity contribution in [3.63, 3.8) is 0 Å². The predicted octanol–water partition coefficient (Wildman–Crippen LogP) is 2.15. The summed E-state index contributed by atoms with van der Waals surface area (Å²) in [5.74, 6) is 1.88.